The molecule has 0 atom stereocenters. The molecule has 0 saturated carbocycles. The van der Waals surface area contributed by atoms with Crippen LogP contribution in [-0.2, 0) is 33.2 Å². The van der Waals surface area contributed by atoms with Crippen LogP contribution < -0.4 is 0 Å². The third-order valence-electron chi connectivity index (χ3n) is 3.68. The van der Waals surface area contributed by atoms with Gasteiger partial charge in [-0.3, -0.25) is 4.79 Å². The number of hydrogen-bond donors (Lipinski definition) is 0. The van der Waals surface area contributed by atoms with Crippen molar-refractivity contribution < 1.29 is 33.2 Å². The van der Waals surface area contributed by atoms with E-state index < -0.39 is 11.6 Å². The normalized spacial score (nSPS) is 40.2. The average Bonchev–Trinajstić information content (AvgIpc) is 2.44. The molecule has 2 saturated heterocycles. The van der Waals surface area contributed by atoms with Gasteiger partial charge in [-0.15, -0.1) is 0 Å². The largest absolute Gasteiger partial charge is 0.460 e. The van der Waals surface area contributed by atoms with E-state index in [-0.39, 0.29) is 18.0 Å². The Morgan fingerprint density at radius 3 is 1.76 bits per heavy atom. The van der Waals surface area contributed by atoms with Crippen molar-refractivity contribution in [3.05, 3.63) is 0 Å². The SMILES string of the molecule is COCC1(C)OCC2(CO1)COC(C)(COC(C)=O)OC2. The van der Waals surface area contributed by atoms with Crippen molar-refractivity contribution in [2.45, 2.75) is 32.3 Å². The van der Waals surface area contributed by atoms with Crippen LogP contribution in [0, 0.1) is 5.41 Å². The Kier molecular flexibility index (Phi) is 4.89. The summed E-state index contributed by atoms with van der Waals surface area (Å²) in [5.41, 5.74) is -0.330. The first-order valence-electron chi connectivity index (χ1n) is 6.99. The highest BCUT2D eigenvalue weighted by atomic mass is 16.7. The Balaban J connectivity index is 1.85. The summed E-state index contributed by atoms with van der Waals surface area (Å²) < 4.78 is 33.1. The molecule has 2 rings (SSSR count). The van der Waals surface area contributed by atoms with E-state index in [0.29, 0.717) is 33.0 Å². The molecule has 7 heteroatoms. The van der Waals surface area contributed by atoms with Crippen LogP contribution in [0.2, 0.25) is 0 Å². The first kappa shape index (κ1) is 16.6. The van der Waals surface area contributed by atoms with Crippen LogP contribution in [0.15, 0.2) is 0 Å². The van der Waals surface area contributed by atoms with E-state index in [2.05, 4.69) is 0 Å². The zero-order chi connectivity index (χ0) is 15.6. The lowest BCUT2D eigenvalue weighted by atomic mass is 9.89. The number of rotatable bonds is 4. The summed E-state index contributed by atoms with van der Waals surface area (Å²) in [5.74, 6) is -1.99. The second-order valence-electron chi connectivity index (χ2n) is 6.14. The molecule has 7 nitrogen and oxygen atoms in total. The molecule has 0 N–H and O–H groups in total. The van der Waals surface area contributed by atoms with E-state index in [1.807, 2.05) is 6.92 Å². The second-order valence-corrected chi connectivity index (χ2v) is 6.14. The lowest BCUT2D eigenvalue weighted by Crippen LogP contribution is -2.59. The van der Waals surface area contributed by atoms with Gasteiger partial charge in [0.15, 0.2) is 11.6 Å². The quantitative estimate of drug-likeness (QED) is 0.708. The van der Waals surface area contributed by atoms with Crippen LogP contribution in [0.3, 0.4) is 0 Å². The molecular formula is C14H24O7. The van der Waals surface area contributed by atoms with E-state index in [9.17, 15) is 4.79 Å². The number of methoxy groups -OCH3 is 1. The molecule has 21 heavy (non-hydrogen) atoms. The summed E-state index contributed by atoms with van der Waals surface area (Å²) in [6.45, 7) is 7.18. The number of hydrogen-bond acceptors (Lipinski definition) is 7. The second kappa shape index (κ2) is 6.18. The highest BCUT2D eigenvalue weighted by molar-refractivity contribution is 5.65. The maximum Gasteiger partial charge on any atom is 0.302 e. The Hall–Kier alpha value is -0.730. The van der Waals surface area contributed by atoms with E-state index >= 15 is 0 Å². The number of carbonyl (C=O) groups is 1. The Bertz CT molecular complexity index is 364. The fourth-order valence-corrected chi connectivity index (χ4v) is 2.22. The van der Waals surface area contributed by atoms with Crippen molar-refractivity contribution in [2.24, 2.45) is 5.41 Å². The molecule has 0 bridgehead atoms. The van der Waals surface area contributed by atoms with Crippen LogP contribution in [0.4, 0.5) is 0 Å². The molecule has 0 amide bonds. The van der Waals surface area contributed by atoms with Gasteiger partial charge in [0.25, 0.3) is 0 Å². The zero-order valence-corrected chi connectivity index (χ0v) is 13.1. The molecule has 0 unspecified atom stereocenters. The van der Waals surface area contributed by atoms with Gasteiger partial charge in [-0.2, -0.15) is 0 Å². The van der Waals surface area contributed by atoms with Crippen molar-refractivity contribution in [1.29, 1.82) is 0 Å². The van der Waals surface area contributed by atoms with Crippen LogP contribution in [0.1, 0.15) is 20.8 Å². The highest BCUT2D eigenvalue weighted by Gasteiger charge is 2.48. The van der Waals surface area contributed by atoms with Gasteiger partial charge < -0.3 is 28.4 Å². The molecule has 0 aromatic carbocycles. The molecule has 2 heterocycles. The van der Waals surface area contributed by atoms with Crippen molar-refractivity contribution in [2.75, 3.05) is 46.8 Å². The summed E-state index contributed by atoms with van der Waals surface area (Å²) in [7, 11) is 1.61. The Morgan fingerprint density at radius 1 is 0.952 bits per heavy atom. The topological polar surface area (TPSA) is 72.5 Å². The van der Waals surface area contributed by atoms with Gasteiger partial charge in [-0.1, -0.05) is 0 Å². The van der Waals surface area contributed by atoms with Gasteiger partial charge in [0.2, 0.25) is 0 Å². The van der Waals surface area contributed by atoms with Crippen LogP contribution in [0.5, 0.6) is 0 Å². The van der Waals surface area contributed by atoms with E-state index in [4.69, 9.17) is 28.4 Å². The van der Waals surface area contributed by atoms with E-state index in [1.54, 1.807) is 14.0 Å². The van der Waals surface area contributed by atoms with Crippen LogP contribution in [0.25, 0.3) is 0 Å². The van der Waals surface area contributed by atoms with Crippen molar-refractivity contribution >= 4 is 5.97 Å². The monoisotopic (exact) mass is 304 g/mol. The van der Waals surface area contributed by atoms with E-state index in [0.717, 1.165) is 0 Å². The smallest absolute Gasteiger partial charge is 0.302 e. The maximum atomic E-state index is 10.9. The fraction of sp³-hybridized carbons (Fsp3) is 0.929. The van der Waals surface area contributed by atoms with Gasteiger partial charge in [0, 0.05) is 14.0 Å². The van der Waals surface area contributed by atoms with Gasteiger partial charge >= 0.3 is 5.97 Å². The number of esters is 1. The Labute approximate surface area is 124 Å². The molecule has 0 radical (unpaired) electrons. The van der Waals surface area contributed by atoms with Gasteiger partial charge in [-0.05, 0) is 13.8 Å². The predicted molar refractivity (Wildman–Crippen MR) is 71.6 cm³/mol. The minimum atomic E-state index is -0.913. The molecular weight excluding hydrogens is 280 g/mol. The fourth-order valence-electron chi connectivity index (χ4n) is 2.22. The predicted octanol–water partition coefficient (Wildman–Crippen LogP) is 0.708. The summed E-state index contributed by atoms with van der Waals surface area (Å²) in [6, 6.07) is 0. The minimum Gasteiger partial charge on any atom is -0.460 e. The molecule has 2 fully saturated rings. The third kappa shape index (κ3) is 4.14. The van der Waals surface area contributed by atoms with Gasteiger partial charge in [0.1, 0.15) is 6.61 Å². The van der Waals surface area contributed by atoms with Crippen molar-refractivity contribution in [3.63, 3.8) is 0 Å². The lowest BCUT2D eigenvalue weighted by molar-refractivity contribution is -0.369. The minimum absolute atomic E-state index is 0.0710. The molecule has 0 aromatic rings. The molecule has 2 aliphatic rings. The van der Waals surface area contributed by atoms with Crippen LogP contribution in [-0.4, -0.2) is 64.3 Å². The molecule has 0 aliphatic carbocycles. The summed E-state index contributed by atoms with van der Waals surface area (Å²) in [6.07, 6.45) is 0. The molecule has 1 spiro atoms. The summed E-state index contributed by atoms with van der Waals surface area (Å²) in [5, 5.41) is 0. The zero-order valence-electron chi connectivity index (χ0n) is 13.1. The van der Waals surface area contributed by atoms with Crippen molar-refractivity contribution in [1.82, 2.24) is 0 Å². The summed E-state index contributed by atoms with van der Waals surface area (Å²) in [4.78, 5) is 10.9. The molecule has 122 valence electrons. The Morgan fingerprint density at radius 2 is 1.38 bits per heavy atom. The van der Waals surface area contributed by atoms with E-state index in [1.165, 1.54) is 6.92 Å². The van der Waals surface area contributed by atoms with Gasteiger partial charge in [0.05, 0.1) is 38.4 Å². The maximum absolute atomic E-state index is 10.9. The molecule has 0 aromatic heterocycles. The standard InChI is InChI=1S/C14H24O7/c1-11(15)17-6-13(3)20-9-14(10-21-13)7-18-12(2,5-16-4)19-8-14/h5-10H2,1-4H3. The first-order valence-corrected chi connectivity index (χ1v) is 6.99. The van der Waals surface area contributed by atoms with Gasteiger partial charge in [-0.25, -0.2) is 0 Å². The average molecular weight is 304 g/mol. The number of carbonyl (C=O) groups excluding carboxylic acids is 1. The van der Waals surface area contributed by atoms with Crippen molar-refractivity contribution in [3.8, 4) is 0 Å². The third-order valence-corrected chi connectivity index (χ3v) is 3.68. The summed E-state index contributed by atoms with van der Waals surface area (Å²) >= 11 is 0. The van der Waals surface area contributed by atoms with Crippen LogP contribution >= 0.6 is 0 Å². The molecule has 2 aliphatic heterocycles. The number of ether oxygens (including phenoxy) is 6. The highest BCUT2D eigenvalue weighted by Crippen LogP contribution is 2.36. The first-order chi connectivity index (χ1) is 9.81. The lowest BCUT2D eigenvalue weighted by Gasteiger charge is -2.49.